The van der Waals surface area contributed by atoms with Gasteiger partial charge >= 0.3 is 0 Å². The Morgan fingerprint density at radius 1 is 1.73 bits per heavy atom. The molecule has 0 amide bonds. The molecule has 11 heavy (non-hydrogen) atoms. The largest absolute Gasteiger partial charge is 0.383 e. The molecule has 1 rings (SSSR count). The number of hydrogen-bond acceptors (Lipinski definition) is 5. The summed E-state index contributed by atoms with van der Waals surface area (Å²) in [6, 6.07) is 0. The van der Waals surface area contributed by atoms with Gasteiger partial charge in [0, 0.05) is 25.6 Å². The second-order valence-corrected chi connectivity index (χ2v) is 2.68. The lowest BCUT2D eigenvalue weighted by molar-refractivity contribution is 0.199. The Balaban J connectivity index is 2.04. The smallest absolute Gasteiger partial charge is 0.0893 e. The van der Waals surface area contributed by atoms with Crippen molar-refractivity contribution in [1.29, 1.82) is 0 Å². The second-order valence-electron chi connectivity index (χ2n) is 2.07. The summed E-state index contributed by atoms with van der Waals surface area (Å²) in [5, 5.41) is 8.98. The van der Waals surface area contributed by atoms with Gasteiger partial charge in [-0.05, 0) is 11.5 Å². The average molecular weight is 173 g/mol. The van der Waals surface area contributed by atoms with Gasteiger partial charge in [-0.15, -0.1) is 5.10 Å². The number of nitrogens with one attached hydrogen (secondary N) is 1. The normalized spacial score (nSPS) is 10.3. The SMILES string of the molecule is COCCNCc1csnn1. The molecule has 0 bridgehead atoms. The van der Waals surface area contributed by atoms with Gasteiger partial charge < -0.3 is 10.1 Å². The van der Waals surface area contributed by atoms with Crippen LogP contribution in [0.15, 0.2) is 5.38 Å². The highest BCUT2D eigenvalue weighted by Gasteiger charge is 1.93. The number of rotatable bonds is 5. The molecule has 4 nitrogen and oxygen atoms in total. The van der Waals surface area contributed by atoms with Crippen LogP contribution in [0.5, 0.6) is 0 Å². The van der Waals surface area contributed by atoms with E-state index in [1.807, 2.05) is 5.38 Å². The summed E-state index contributed by atoms with van der Waals surface area (Å²) < 4.78 is 8.61. The maximum absolute atomic E-state index is 4.87. The summed E-state index contributed by atoms with van der Waals surface area (Å²) >= 11 is 1.37. The predicted molar refractivity (Wildman–Crippen MR) is 43.5 cm³/mol. The van der Waals surface area contributed by atoms with Crippen LogP contribution in [0.1, 0.15) is 5.69 Å². The first kappa shape index (κ1) is 8.58. The van der Waals surface area contributed by atoms with Gasteiger partial charge in [-0.3, -0.25) is 0 Å². The first-order chi connectivity index (χ1) is 5.43. The highest BCUT2D eigenvalue weighted by Crippen LogP contribution is 1.94. The van der Waals surface area contributed by atoms with E-state index in [0.29, 0.717) is 0 Å². The molecular formula is C6H11N3OS. The zero-order valence-electron chi connectivity index (χ0n) is 6.41. The molecule has 0 aromatic carbocycles. The lowest BCUT2D eigenvalue weighted by Crippen LogP contribution is -2.18. The van der Waals surface area contributed by atoms with Crippen LogP contribution in [0, 0.1) is 0 Å². The van der Waals surface area contributed by atoms with E-state index >= 15 is 0 Å². The zero-order valence-corrected chi connectivity index (χ0v) is 7.23. The summed E-state index contributed by atoms with van der Waals surface area (Å²) in [6.07, 6.45) is 0. The van der Waals surface area contributed by atoms with E-state index < -0.39 is 0 Å². The van der Waals surface area contributed by atoms with E-state index in [1.165, 1.54) is 11.5 Å². The molecule has 1 aromatic heterocycles. The van der Waals surface area contributed by atoms with Crippen molar-refractivity contribution in [2.75, 3.05) is 20.3 Å². The van der Waals surface area contributed by atoms with Crippen LogP contribution in [0.2, 0.25) is 0 Å². The lowest BCUT2D eigenvalue weighted by Gasteiger charge is -1.99. The monoisotopic (exact) mass is 173 g/mol. The Morgan fingerprint density at radius 3 is 3.27 bits per heavy atom. The third kappa shape index (κ3) is 3.41. The van der Waals surface area contributed by atoms with Crippen LogP contribution >= 0.6 is 11.5 Å². The predicted octanol–water partition coefficient (Wildman–Crippen LogP) is 0.274. The molecule has 0 saturated heterocycles. The van der Waals surface area contributed by atoms with Crippen LogP contribution in [-0.4, -0.2) is 29.8 Å². The quantitative estimate of drug-likeness (QED) is 0.649. The molecule has 0 radical (unpaired) electrons. The minimum Gasteiger partial charge on any atom is -0.383 e. The van der Waals surface area contributed by atoms with Gasteiger partial charge in [-0.25, -0.2) is 0 Å². The van der Waals surface area contributed by atoms with Crippen molar-refractivity contribution in [2.24, 2.45) is 0 Å². The Hall–Kier alpha value is -0.520. The number of methoxy groups -OCH3 is 1. The summed E-state index contributed by atoms with van der Waals surface area (Å²) in [5.74, 6) is 0. The summed E-state index contributed by atoms with van der Waals surface area (Å²) in [6.45, 7) is 2.37. The number of aromatic nitrogens is 2. The van der Waals surface area contributed by atoms with Crippen LogP contribution in [-0.2, 0) is 11.3 Å². The summed E-state index contributed by atoms with van der Waals surface area (Å²) in [4.78, 5) is 0. The molecule has 0 aliphatic rings. The molecule has 1 heterocycles. The maximum atomic E-state index is 4.87. The highest BCUT2D eigenvalue weighted by molar-refractivity contribution is 7.03. The maximum Gasteiger partial charge on any atom is 0.0893 e. The average Bonchev–Trinajstić information content (AvgIpc) is 2.50. The van der Waals surface area contributed by atoms with Crippen LogP contribution in [0.4, 0.5) is 0 Å². The molecule has 0 saturated carbocycles. The van der Waals surface area contributed by atoms with Crippen molar-refractivity contribution < 1.29 is 4.74 Å². The van der Waals surface area contributed by atoms with Gasteiger partial charge in [0.15, 0.2) is 0 Å². The van der Waals surface area contributed by atoms with Gasteiger partial charge in [-0.2, -0.15) is 0 Å². The summed E-state index contributed by atoms with van der Waals surface area (Å²) in [5.41, 5.74) is 0.992. The molecule has 0 fully saturated rings. The fraction of sp³-hybridized carbons (Fsp3) is 0.667. The van der Waals surface area contributed by atoms with Crippen LogP contribution in [0.3, 0.4) is 0 Å². The lowest BCUT2D eigenvalue weighted by atomic mass is 10.5. The fourth-order valence-electron chi connectivity index (χ4n) is 0.652. The van der Waals surface area contributed by atoms with Gasteiger partial charge in [0.1, 0.15) is 0 Å². The molecule has 62 valence electrons. The summed E-state index contributed by atoms with van der Waals surface area (Å²) in [7, 11) is 1.69. The topological polar surface area (TPSA) is 47.0 Å². The number of ether oxygens (including phenoxy) is 1. The Labute approximate surface area is 69.7 Å². The van der Waals surface area contributed by atoms with Gasteiger partial charge in [0.2, 0.25) is 0 Å². The van der Waals surface area contributed by atoms with E-state index in [1.54, 1.807) is 7.11 Å². The fourth-order valence-corrected chi connectivity index (χ4v) is 1.10. The van der Waals surface area contributed by atoms with Gasteiger partial charge in [0.05, 0.1) is 12.3 Å². The van der Waals surface area contributed by atoms with Crippen molar-refractivity contribution in [1.82, 2.24) is 14.9 Å². The van der Waals surface area contributed by atoms with Gasteiger partial charge in [0.25, 0.3) is 0 Å². The van der Waals surface area contributed by atoms with Crippen LogP contribution < -0.4 is 5.32 Å². The first-order valence-electron chi connectivity index (χ1n) is 3.39. The molecule has 0 unspecified atom stereocenters. The molecule has 0 aliphatic carbocycles. The van der Waals surface area contributed by atoms with E-state index in [0.717, 1.165) is 25.4 Å². The third-order valence-corrected chi connectivity index (χ3v) is 1.75. The van der Waals surface area contributed by atoms with Gasteiger partial charge in [-0.1, -0.05) is 4.49 Å². The molecule has 1 aromatic rings. The molecule has 1 N–H and O–H groups in total. The van der Waals surface area contributed by atoms with Crippen molar-refractivity contribution >= 4 is 11.5 Å². The Kier molecular flexibility index (Phi) is 4.03. The van der Waals surface area contributed by atoms with Crippen molar-refractivity contribution in [3.05, 3.63) is 11.1 Å². The van der Waals surface area contributed by atoms with E-state index in [9.17, 15) is 0 Å². The number of nitrogens with zero attached hydrogens (tertiary/aromatic N) is 2. The third-order valence-electron chi connectivity index (χ3n) is 1.19. The Bertz CT molecular complexity index is 178. The van der Waals surface area contributed by atoms with Crippen molar-refractivity contribution in [3.63, 3.8) is 0 Å². The standard InChI is InChI=1S/C6H11N3OS/c1-10-3-2-7-4-6-5-11-9-8-6/h5,7H,2-4H2,1H3. The minimum absolute atomic E-state index is 0.734. The van der Waals surface area contributed by atoms with E-state index in [4.69, 9.17) is 4.74 Å². The molecule has 5 heteroatoms. The van der Waals surface area contributed by atoms with Crippen molar-refractivity contribution in [2.45, 2.75) is 6.54 Å². The minimum atomic E-state index is 0.734. The molecule has 0 aliphatic heterocycles. The second kappa shape index (κ2) is 5.17. The van der Waals surface area contributed by atoms with Crippen molar-refractivity contribution in [3.8, 4) is 0 Å². The highest BCUT2D eigenvalue weighted by atomic mass is 32.1. The Morgan fingerprint density at radius 2 is 2.64 bits per heavy atom. The number of hydrogen-bond donors (Lipinski definition) is 1. The van der Waals surface area contributed by atoms with E-state index in [2.05, 4.69) is 14.9 Å². The van der Waals surface area contributed by atoms with Crippen LogP contribution in [0.25, 0.3) is 0 Å². The zero-order chi connectivity index (χ0) is 7.94. The molecule has 0 atom stereocenters. The van der Waals surface area contributed by atoms with E-state index in [-0.39, 0.29) is 0 Å². The molecular weight excluding hydrogens is 162 g/mol. The molecule has 0 spiro atoms. The first-order valence-corrected chi connectivity index (χ1v) is 4.22.